The van der Waals surface area contributed by atoms with Gasteiger partial charge in [-0.2, -0.15) is 0 Å². The van der Waals surface area contributed by atoms with E-state index in [9.17, 15) is 9.59 Å². The van der Waals surface area contributed by atoms with Gasteiger partial charge in [0.25, 0.3) is 0 Å². The number of hydrogen-bond donors (Lipinski definition) is 3. The number of rotatable bonds is 5. The lowest BCUT2D eigenvalue weighted by atomic mass is 10.3. The fourth-order valence-corrected chi connectivity index (χ4v) is 1.27. The first-order valence-electron chi connectivity index (χ1n) is 3.36. The molecule has 0 aromatic rings. The lowest BCUT2D eigenvalue weighted by Crippen LogP contribution is -2.37. The first-order valence-corrected chi connectivity index (χ1v) is 4.35. The summed E-state index contributed by atoms with van der Waals surface area (Å²) in [6.45, 7) is 1.38. The maximum atomic E-state index is 10.4. The Morgan fingerprint density at radius 1 is 1.54 bits per heavy atom. The van der Waals surface area contributed by atoms with Crippen LogP contribution in [0.25, 0.3) is 0 Å². The van der Waals surface area contributed by atoms with E-state index in [2.05, 4.69) is 10.0 Å². The molecule has 0 rings (SSSR count). The summed E-state index contributed by atoms with van der Waals surface area (Å²) >= 11 is 1.08. The van der Waals surface area contributed by atoms with E-state index >= 15 is 0 Å². The second-order valence-electron chi connectivity index (χ2n) is 2.15. The molecule has 0 aliphatic heterocycles. The number of carbonyl (C=O) groups excluding carboxylic acids is 1. The fourth-order valence-electron chi connectivity index (χ4n) is 0.505. The topological polar surface area (TPSA) is 110 Å². The van der Waals surface area contributed by atoms with Crippen molar-refractivity contribution in [2.24, 2.45) is 0 Å². The van der Waals surface area contributed by atoms with Crippen molar-refractivity contribution in [2.45, 2.75) is 13.0 Å². The molecule has 0 saturated carbocycles. The Balaban J connectivity index is 0. The van der Waals surface area contributed by atoms with E-state index in [0.717, 1.165) is 11.9 Å². The standard InChI is InChI=1S/C6H12N2O3S.H2O/c1-4(9)8-12-3-5(7-2)6(10)11;/h5,7H,3H2,1-2H3,(H,8,9)(H,10,11);1H2/t5-;/m0./s1. The lowest BCUT2D eigenvalue weighted by Gasteiger charge is -2.09. The van der Waals surface area contributed by atoms with E-state index in [0.29, 0.717) is 5.75 Å². The number of carboxylic acids is 1. The fraction of sp³-hybridized carbons (Fsp3) is 0.667. The largest absolute Gasteiger partial charge is 0.480 e. The van der Waals surface area contributed by atoms with Crippen LogP contribution in [0.1, 0.15) is 6.92 Å². The second kappa shape index (κ2) is 7.84. The van der Waals surface area contributed by atoms with Crippen LogP contribution in [-0.2, 0) is 9.59 Å². The van der Waals surface area contributed by atoms with Crippen molar-refractivity contribution in [3.05, 3.63) is 0 Å². The van der Waals surface area contributed by atoms with Gasteiger partial charge in [-0.25, -0.2) is 0 Å². The highest BCUT2D eigenvalue weighted by atomic mass is 32.2. The number of hydrogen-bond acceptors (Lipinski definition) is 4. The molecule has 0 bridgehead atoms. The van der Waals surface area contributed by atoms with Crippen LogP contribution in [-0.4, -0.2) is 41.3 Å². The van der Waals surface area contributed by atoms with Crippen LogP contribution in [0.5, 0.6) is 0 Å². The van der Waals surface area contributed by atoms with Crippen LogP contribution in [0.3, 0.4) is 0 Å². The maximum absolute atomic E-state index is 10.4. The average molecular weight is 210 g/mol. The van der Waals surface area contributed by atoms with Crippen molar-refractivity contribution in [2.75, 3.05) is 12.8 Å². The summed E-state index contributed by atoms with van der Waals surface area (Å²) in [7, 11) is 1.56. The van der Waals surface area contributed by atoms with Crippen LogP contribution in [0.15, 0.2) is 0 Å². The molecule has 1 amide bonds. The highest BCUT2D eigenvalue weighted by Crippen LogP contribution is 1.97. The Hall–Kier alpha value is -0.790. The molecule has 0 unspecified atom stereocenters. The lowest BCUT2D eigenvalue weighted by molar-refractivity contribution is -0.138. The molecule has 0 aromatic carbocycles. The van der Waals surface area contributed by atoms with E-state index in [1.54, 1.807) is 7.05 Å². The van der Waals surface area contributed by atoms with Gasteiger partial charge in [-0.3, -0.25) is 9.59 Å². The zero-order valence-corrected chi connectivity index (χ0v) is 8.27. The zero-order valence-electron chi connectivity index (χ0n) is 7.46. The molecular formula is C6H14N2O4S. The minimum absolute atomic E-state index is 0. The third-order valence-corrected chi connectivity index (χ3v) is 2.04. The number of carboxylic acid groups (broad SMARTS) is 1. The third kappa shape index (κ3) is 7.57. The molecule has 0 saturated heterocycles. The SMILES string of the molecule is CN[C@@H](CSNC(C)=O)C(=O)O.O. The van der Waals surface area contributed by atoms with Crippen molar-refractivity contribution >= 4 is 23.8 Å². The molecule has 0 spiro atoms. The summed E-state index contributed by atoms with van der Waals surface area (Å²) in [5.74, 6) is -0.790. The van der Waals surface area contributed by atoms with E-state index in [-0.39, 0.29) is 11.4 Å². The highest BCUT2D eigenvalue weighted by Gasteiger charge is 2.14. The quantitative estimate of drug-likeness (QED) is 0.484. The monoisotopic (exact) mass is 210 g/mol. The van der Waals surface area contributed by atoms with E-state index in [1.807, 2.05) is 0 Å². The molecule has 13 heavy (non-hydrogen) atoms. The van der Waals surface area contributed by atoms with Crippen LogP contribution < -0.4 is 10.0 Å². The Kier molecular flexibility index (Phi) is 8.87. The van der Waals surface area contributed by atoms with E-state index in [1.165, 1.54) is 6.92 Å². The van der Waals surface area contributed by atoms with Crippen LogP contribution in [0.4, 0.5) is 0 Å². The summed E-state index contributed by atoms with van der Waals surface area (Å²) in [4.78, 5) is 20.8. The first-order chi connectivity index (χ1) is 5.57. The van der Waals surface area contributed by atoms with Gasteiger partial charge in [0.1, 0.15) is 6.04 Å². The molecular weight excluding hydrogens is 196 g/mol. The van der Waals surface area contributed by atoms with Crippen molar-refractivity contribution in [1.82, 2.24) is 10.0 Å². The summed E-state index contributed by atoms with van der Waals surface area (Å²) in [6, 6.07) is -0.623. The number of amides is 1. The van der Waals surface area contributed by atoms with Gasteiger partial charge in [0, 0.05) is 12.7 Å². The van der Waals surface area contributed by atoms with Crippen molar-refractivity contribution in [1.29, 1.82) is 0 Å². The summed E-state index contributed by atoms with van der Waals surface area (Å²) in [5.41, 5.74) is 0. The Morgan fingerprint density at radius 2 is 2.08 bits per heavy atom. The number of nitrogens with one attached hydrogen (secondary N) is 2. The Morgan fingerprint density at radius 3 is 2.38 bits per heavy atom. The molecule has 5 N–H and O–H groups in total. The van der Waals surface area contributed by atoms with Crippen LogP contribution in [0.2, 0.25) is 0 Å². The highest BCUT2D eigenvalue weighted by molar-refractivity contribution is 7.98. The van der Waals surface area contributed by atoms with Gasteiger partial charge in [0.05, 0.1) is 0 Å². The van der Waals surface area contributed by atoms with Gasteiger partial charge < -0.3 is 20.6 Å². The van der Waals surface area contributed by atoms with Crippen molar-refractivity contribution < 1.29 is 20.2 Å². The van der Waals surface area contributed by atoms with Gasteiger partial charge in [-0.05, 0) is 19.0 Å². The predicted octanol–water partition coefficient (Wildman–Crippen LogP) is -1.38. The molecule has 0 heterocycles. The normalized spacial score (nSPS) is 11.2. The molecule has 6 nitrogen and oxygen atoms in total. The van der Waals surface area contributed by atoms with Crippen molar-refractivity contribution in [3.8, 4) is 0 Å². The van der Waals surface area contributed by atoms with Crippen LogP contribution >= 0.6 is 11.9 Å². The molecule has 0 aliphatic rings. The van der Waals surface area contributed by atoms with Gasteiger partial charge in [-0.1, -0.05) is 0 Å². The maximum Gasteiger partial charge on any atom is 0.321 e. The minimum atomic E-state index is -0.921. The molecule has 0 aliphatic carbocycles. The number of aliphatic carboxylic acids is 1. The number of carbonyl (C=O) groups is 2. The third-order valence-electron chi connectivity index (χ3n) is 1.11. The smallest absolute Gasteiger partial charge is 0.321 e. The van der Waals surface area contributed by atoms with E-state index < -0.39 is 12.0 Å². The molecule has 0 radical (unpaired) electrons. The zero-order chi connectivity index (χ0) is 9.56. The molecule has 78 valence electrons. The Labute approximate surface area is 80.5 Å². The predicted molar refractivity (Wildman–Crippen MR) is 50.4 cm³/mol. The van der Waals surface area contributed by atoms with Gasteiger partial charge in [0.2, 0.25) is 5.91 Å². The minimum Gasteiger partial charge on any atom is -0.480 e. The first kappa shape index (κ1) is 14.7. The van der Waals surface area contributed by atoms with Crippen LogP contribution in [0, 0.1) is 0 Å². The van der Waals surface area contributed by atoms with E-state index in [4.69, 9.17) is 5.11 Å². The van der Waals surface area contributed by atoms with Gasteiger partial charge in [0.15, 0.2) is 0 Å². The van der Waals surface area contributed by atoms with Gasteiger partial charge >= 0.3 is 5.97 Å². The molecule has 0 aromatic heterocycles. The summed E-state index contributed by atoms with van der Waals surface area (Å²) < 4.78 is 2.44. The van der Waals surface area contributed by atoms with Crippen molar-refractivity contribution in [3.63, 3.8) is 0 Å². The Bertz CT molecular complexity index is 176. The molecule has 1 atom stereocenters. The average Bonchev–Trinajstić information content (AvgIpc) is 1.96. The summed E-state index contributed by atoms with van der Waals surface area (Å²) in [5, 5.41) is 11.2. The molecule has 0 fully saturated rings. The number of likely N-dealkylation sites (N-methyl/N-ethyl adjacent to an activating group) is 1. The summed E-state index contributed by atoms with van der Waals surface area (Å²) in [6.07, 6.45) is 0. The van der Waals surface area contributed by atoms with Gasteiger partial charge in [-0.15, -0.1) is 0 Å². The molecule has 7 heteroatoms. The second-order valence-corrected chi connectivity index (χ2v) is 2.97.